The quantitative estimate of drug-likeness (QED) is 0.843. The molecule has 2 fully saturated rings. The highest BCUT2D eigenvalue weighted by molar-refractivity contribution is 5.74. The number of ether oxygens (including phenoxy) is 1. The van der Waals surface area contributed by atoms with E-state index in [0.29, 0.717) is 0 Å². The van der Waals surface area contributed by atoms with E-state index in [0.717, 1.165) is 51.5 Å². The van der Waals surface area contributed by atoms with Crippen LogP contribution < -0.4 is 5.32 Å². The third-order valence-corrected chi connectivity index (χ3v) is 4.81. The highest BCUT2D eigenvalue weighted by Gasteiger charge is 2.32. The molecule has 122 valence electrons. The predicted octanol–water partition coefficient (Wildman–Crippen LogP) is 1.93. The molecule has 0 aromatic rings. The molecule has 0 saturated carbocycles. The molecule has 0 radical (unpaired) electrons. The van der Waals surface area contributed by atoms with Crippen LogP contribution in [0.3, 0.4) is 0 Å². The van der Waals surface area contributed by atoms with Gasteiger partial charge in [0.25, 0.3) is 0 Å². The Morgan fingerprint density at radius 2 is 2.05 bits per heavy atom. The number of piperidine rings is 1. The second-order valence-electron chi connectivity index (χ2n) is 6.80. The summed E-state index contributed by atoms with van der Waals surface area (Å²) in [5, 5.41) is 3.06. The van der Waals surface area contributed by atoms with E-state index >= 15 is 0 Å². The lowest BCUT2D eigenvalue weighted by Gasteiger charge is -2.39. The fourth-order valence-electron chi connectivity index (χ4n) is 3.34. The van der Waals surface area contributed by atoms with E-state index in [2.05, 4.69) is 24.1 Å². The normalized spacial score (nSPS) is 26.0. The van der Waals surface area contributed by atoms with Crippen LogP contribution in [0.15, 0.2) is 0 Å². The Balaban J connectivity index is 1.63. The maximum absolute atomic E-state index is 12.2. The summed E-state index contributed by atoms with van der Waals surface area (Å²) in [6.45, 7) is 12.9. The van der Waals surface area contributed by atoms with Crippen molar-refractivity contribution in [1.29, 1.82) is 0 Å². The number of urea groups is 1. The van der Waals surface area contributed by atoms with Crippen molar-refractivity contribution >= 4 is 6.03 Å². The Kier molecular flexibility index (Phi) is 5.88. The largest absolute Gasteiger partial charge is 0.375 e. The van der Waals surface area contributed by atoms with E-state index in [-0.39, 0.29) is 11.6 Å². The zero-order valence-electron chi connectivity index (χ0n) is 13.9. The maximum atomic E-state index is 12.2. The number of carbonyl (C=O) groups excluding carboxylic acids is 1. The summed E-state index contributed by atoms with van der Waals surface area (Å²) < 4.78 is 5.79. The molecule has 2 amide bonds. The Bertz CT molecular complexity index is 340. The van der Waals surface area contributed by atoms with Crippen LogP contribution >= 0.6 is 0 Å². The number of rotatable bonds is 5. The smallest absolute Gasteiger partial charge is 0.317 e. The van der Waals surface area contributed by atoms with Crippen molar-refractivity contribution in [3.8, 4) is 0 Å². The van der Waals surface area contributed by atoms with Crippen molar-refractivity contribution in [1.82, 2.24) is 15.1 Å². The van der Waals surface area contributed by atoms with Crippen LogP contribution in [0, 0.1) is 5.92 Å². The van der Waals surface area contributed by atoms with Gasteiger partial charge in [0.1, 0.15) is 0 Å². The lowest BCUT2D eigenvalue weighted by Crippen LogP contribution is -2.50. The van der Waals surface area contributed by atoms with E-state index in [1.807, 2.05) is 11.8 Å². The average Bonchev–Trinajstić information content (AvgIpc) is 2.85. The number of carbonyl (C=O) groups is 1. The third kappa shape index (κ3) is 4.85. The number of nitrogens with zero attached hydrogens (tertiary/aromatic N) is 2. The molecule has 2 heterocycles. The minimum atomic E-state index is -0.0444. The van der Waals surface area contributed by atoms with Gasteiger partial charge in [0.2, 0.25) is 0 Å². The molecule has 1 atom stereocenters. The van der Waals surface area contributed by atoms with Crippen LogP contribution in [-0.4, -0.2) is 67.3 Å². The molecular weight excluding hydrogens is 266 g/mol. The van der Waals surface area contributed by atoms with E-state index in [1.165, 1.54) is 19.5 Å². The molecule has 2 rings (SSSR count). The van der Waals surface area contributed by atoms with Crippen molar-refractivity contribution in [2.45, 2.75) is 45.6 Å². The molecule has 0 aromatic heterocycles. The van der Waals surface area contributed by atoms with Crippen molar-refractivity contribution in [2.75, 3.05) is 45.9 Å². The minimum absolute atomic E-state index is 0.0444. The zero-order chi connectivity index (χ0) is 15.3. The van der Waals surface area contributed by atoms with Gasteiger partial charge in [-0.05, 0) is 45.6 Å². The lowest BCUT2D eigenvalue weighted by molar-refractivity contribution is -0.0595. The molecule has 21 heavy (non-hydrogen) atoms. The molecule has 2 aliphatic rings. The van der Waals surface area contributed by atoms with Gasteiger partial charge in [0.15, 0.2) is 0 Å². The SMILES string of the molecule is CCOC1(C)CCN(C(=O)NCCN2CCC(C)C2)CC1. The first-order valence-electron chi connectivity index (χ1n) is 8.41. The van der Waals surface area contributed by atoms with E-state index in [4.69, 9.17) is 4.74 Å². The van der Waals surface area contributed by atoms with Gasteiger partial charge in [-0.2, -0.15) is 0 Å². The average molecular weight is 297 g/mol. The molecule has 5 heteroatoms. The fourth-order valence-corrected chi connectivity index (χ4v) is 3.34. The van der Waals surface area contributed by atoms with E-state index in [1.54, 1.807) is 0 Å². The van der Waals surface area contributed by atoms with Crippen LogP contribution in [0.4, 0.5) is 4.79 Å². The zero-order valence-corrected chi connectivity index (χ0v) is 13.9. The van der Waals surface area contributed by atoms with Crippen LogP contribution in [0.5, 0.6) is 0 Å². The van der Waals surface area contributed by atoms with Crippen LogP contribution in [0.2, 0.25) is 0 Å². The molecule has 2 saturated heterocycles. The Morgan fingerprint density at radius 1 is 1.33 bits per heavy atom. The summed E-state index contributed by atoms with van der Waals surface area (Å²) in [4.78, 5) is 16.5. The summed E-state index contributed by atoms with van der Waals surface area (Å²) in [7, 11) is 0. The number of hydrogen-bond acceptors (Lipinski definition) is 3. The second kappa shape index (κ2) is 7.45. The first-order chi connectivity index (χ1) is 10.0. The van der Waals surface area contributed by atoms with Crippen LogP contribution in [0.1, 0.15) is 40.0 Å². The van der Waals surface area contributed by atoms with Crippen molar-refractivity contribution < 1.29 is 9.53 Å². The number of amides is 2. The number of hydrogen-bond donors (Lipinski definition) is 1. The molecule has 1 N–H and O–H groups in total. The molecular formula is C16H31N3O2. The van der Waals surface area contributed by atoms with Gasteiger partial charge < -0.3 is 19.9 Å². The van der Waals surface area contributed by atoms with Crippen molar-refractivity contribution in [2.24, 2.45) is 5.92 Å². The van der Waals surface area contributed by atoms with Gasteiger partial charge in [-0.3, -0.25) is 0 Å². The Hall–Kier alpha value is -0.810. The van der Waals surface area contributed by atoms with E-state index < -0.39 is 0 Å². The minimum Gasteiger partial charge on any atom is -0.375 e. The van der Waals surface area contributed by atoms with Crippen molar-refractivity contribution in [3.05, 3.63) is 0 Å². The maximum Gasteiger partial charge on any atom is 0.317 e. The molecule has 1 unspecified atom stereocenters. The highest BCUT2D eigenvalue weighted by atomic mass is 16.5. The first kappa shape index (κ1) is 16.6. The summed E-state index contributed by atoms with van der Waals surface area (Å²) in [6, 6.07) is 0.0841. The molecule has 0 aromatic carbocycles. The van der Waals surface area contributed by atoms with Crippen LogP contribution in [0.25, 0.3) is 0 Å². The molecule has 0 aliphatic carbocycles. The monoisotopic (exact) mass is 297 g/mol. The van der Waals surface area contributed by atoms with Gasteiger partial charge in [0, 0.05) is 39.3 Å². The van der Waals surface area contributed by atoms with Gasteiger partial charge >= 0.3 is 6.03 Å². The number of likely N-dealkylation sites (tertiary alicyclic amines) is 2. The standard InChI is InChI=1S/C16H31N3O2/c1-4-21-16(3)6-10-19(11-7-16)15(20)17-8-12-18-9-5-14(2)13-18/h14H,4-13H2,1-3H3,(H,17,20). The van der Waals surface area contributed by atoms with Gasteiger partial charge in [0.05, 0.1) is 5.60 Å². The highest BCUT2D eigenvalue weighted by Crippen LogP contribution is 2.25. The van der Waals surface area contributed by atoms with Gasteiger partial charge in [-0.25, -0.2) is 4.79 Å². The van der Waals surface area contributed by atoms with Gasteiger partial charge in [-0.15, -0.1) is 0 Å². The number of nitrogens with one attached hydrogen (secondary N) is 1. The molecule has 0 spiro atoms. The molecule has 5 nitrogen and oxygen atoms in total. The third-order valence-electron chi connectivity index (χ3n) is 4.81. The fraction of sp³-hybridized carbons (Fsp3) is 0.938. The van der Waals surface area contributed by atoms with E-state index in [9.17, 15) is 4.79 Å². The predicted molar refractivity (Wildman–Crippen MR) is 84.5 cm³/mol. The second-order valence-corrected chi connectivity index (χ2v) is 6.80. The Labute approximate surface area is 129 Å². The van der Waals surface area contributed by atoms with Crippen LogP contribution in [-0.2, 0) is 4.74 Å². The summed E-state index contributed by atoms with van der Waals surface area (Å²) in [5.41, 5.74) is -0.0444. The molecule has 2 aliphatic heterocycles. The topological polar surface area (TPSA) is 44.8 Å². The molecule has 0 bridgehead atoms. The Morgan fingerprint density at radius 3 is 2.62 bits per heavy atom. The summed E-state index contributed by atoms with van der Waals surface area (Å²) >= 11 is 0. The lowest BCUT2D eigenvalue weighted by atomic mass is 9.93. The first-order valence-corrected chi connectivity index (χ1v) is 8.41. The van der Waals surface area contributed by atoms with Crippen molar-refractivity contribution in [3.63, 3.8) is 0 Å². The summed E-state index contributed by atoms with van der Waals surface area (Å²) in [5.74, 6) is 0.805. The summed E-state index contributed by atoms with van der Waals surface area (Å²) in [6.07, 6.45) is 3.14. The van der Waals surface area contributed by atoms with Gasteiger partial charge in [-0.1, -0.05) is 6.92 Å².